The van der Waals surface area contributed by atoms with Crippen LogP contribution >= 0.6 is 7.82 Å². The molecule has 0 rings (SSSR count). The fourth-order valence-electron chi connectivity index (χ4n) is 6.81. The second kappa shape index (κ2) is 47.5. The summed E-state index contributed by atoms with van der Waals surface area (Å²) in [6.07, 6.45) is 57.2. The Morgan fingerprint density at radius 3 is 1.37 bits per heavy atom. The van der Waals surface area contributed by atoms with E-state index < -0.39 is 13.9 Å². The number of hydrogen-bond donors (Lipinski definition) is 2. The number of unbranched alkanes of at least 4 members (excludes halogenated alkanes) is 26. The lowest BCUT2D eigenvalue weighted by Gasteiger charge is -2.20. The van der Waals surface area contributed by atoms with E-state index in [-0.39, 0.29) is 32.3 Å². The van der Waals surface area contributed by atoms with Crippen LogP contribution in [-0.2, 0) is 27.9 Å². The van der Waals surface area contributed by atoms with Gasteiger partial charge in [-0.2, -0.15) is 0 Å². The normalized spacial score (nSPS) is 13.8. The van der Waals surface area contributed by atoms with Crippen LogP contribution in [0.1, 0.15) is 226 Å². The van der Waals surface area contributed by atoms with Crippen molar-refractivity contribution in [3.8, 4) is 0 Å². The number of allylic oxidation sites excluding steroid dienone is 8. The third-order valence-corrected chi connectivity index (χ3v) is 11.5. The van der Waals surface area contributed by atoms with Gasteiger partial charge in [0, 0.05) is 19.6 Å². The molecule has 0 aromatic carbocycles. The Hall–Kier alpha value is -1.54. The van der Waals surface area contributed by atoms with Crippen LogP contribution in [0.5, 0.6) is 0 Å². The Balaban J connectivity index is 3.90. The molecular formula is C50H94NO7P. The molecule has 9 heteroatoms. The molecule has 0 aliphatic carbocycles. The Morgan fingerprint density at radius 2 is 0.915 bits per heavy atom. The highest BCUT2D eigenvalue weighted by molar-refractivity contribution is 7.47. The molecule has 3 N–H and O–H groups in total. The van der Waals surface area contributed by atoms with Gasteiger partial charge in [0.05, 0.1) is 19.8 Å². The summed E-state index contributed by atoms with van der Waals surface area (Å²) in [5, 5.41) is 0. The van der Waals surface area contributed by atoms with Crippen LogP contribution in [0.4, 0.5) is 0 Å². The van der Waals surface area contributed by atoms with Gasteiger partial charge in [-0.1, -0.05) is 197 Å². The zero-order chi connectivity index (χ0) is 43.0. The fraction of sp³-hybridized carbons (Fsp3) is 0.820. The molecule has 0 amide bonds. The van der Waals surface area contributed by atoms with Crippen LogP contribution in [0.2, 0.25) is 0 Å². The predicted molar refractivity (Wildman–Crippen MR) is 252 cm³/mol. The molecule has 2 unspecified atom stereocenters. The predicted octanol–water partition coefficient (Wildman–Crippen LogP) is 15.1. The molecule has 0 fully saturated rings. The fourth-order valence-corrected chi connectivity index (χ4v) is 7.57. The third-order valence-electron chi connectivity index (χ3n) is 10.5. The van der Waals surface area contributed by atoms with E-state index >= 15 is 0 Å². The van der Waals surface area contributed by atoms with Gasteiger partial charge in [0.25, 0.3) is 0 Å². The van der Waals surface area contributed by atoms with Crippen molar-refractivity contribution in [3.05, 3.63) is 48.6 Å². The van der Waals surface area contributed by atoms with Crippen LogP contribution < -0.4 is 5.73 Å². The first kappa shape index (κ1) is 57.5. The smallest absolute Gasteiger partial charge is 0.457 e. The van der Waals surface area contributed by atoms with Gasteiger partial charge in [0.15, 0.2) is 0 Å². The number of nitrogens with two attached hydrogens (primary N) is 1. The highest BCUT2D eigenvalue weighted by Crippen LogP contribution is 2.43. The second-order valence-electron chi connectivity index (χ2n) is 16.3. The highest BCUT2D eigenvalue weighted by Gasteiger charge is 2.25. The lowest BCUT2D eigenvalue weighted by atomic mass is 10.0. The highest BCUT2D eigenvalue weighted by atomic mass is 31.2. The van der Waals surface area contributed by atoms with Gasteiger partial charge >= 0.3 is 13.8 Å². The molecule has 0 heterocycles. The molecule has 0 aliphatic heterocycles. The summed E-state index contributed by atoms with van der Waals surface area (Å²) in [5.41, 5.74) is 5.38. The summed E-state index contributed by atoms with van der Waals surface area (Å²) in [7, 11) is -4.28. The quantitative estimate of drug-likeness (QED) is 0.0269. The van der Waals surface area contributed by atoms with Crippen molar-refractivity contribution in [2.75, 3.05) is 33.0 Å². The summed E-state index contributed by atoms with van der Waals surface area (Å²) in [6.45, 7) is 4.87. The number of esters is 1. The molecule has 59 heavy (non-hydrogen) atoms. The summed E-state index contributed by atoms with van der Waals surface area (Å²) in [5.74, 6) is -0.343. The maximum Gasteiger partial charge on any atom is 0.472 e. The average Bonchev–Trinajstić information content (AvgIpc) is 3.23. The zero-order valence-corrected chi connectivity index (χ0v) is 39.4. The number of phosphoric ester groups is 1. The van der Waals surface area contributed by atoms with Gasteiger partial charge in [0.1, 0.15) is 6.10 Å². The standard InChI is InChI=1S/C50H94NO7P/c1-3-5-7-9-11-13-15-17-19-20-21-22-23-24-25-26-27-28-29-30-32-34-36-38-40-42-45-55-47-49(48-57-59(53,54)56-46-44-51)58-50(52)43-41-39-37-35-33-31-18-16-14-12-10-8-6-4-2/h10,12,15-18,20-21,49H,3-9,11,13-14,19,22-48,51H2,1-2H3,(H,53,54)/b12-10-,17-15-,18-16-,21-20-. The second-order valence-corrected chi connectivity index (χ2v) is 17.8. The van der Waals surface area contributed by atoms with E-state index in [0.29, 0.717) is 13.0 Å². The topological polar surface area (TPSA) is 117 Å². The maximum atomic E-state index is 12.6. The van der Waals surface area contributed by atoms with Crippen LogP contribution in [-0.4, -0.2) is 49.9 Å². The number of phosphoric acid groups is 1. The van der Waals surface area contributed by atoms with E-state index in [0.717, 1.165) is 64.2 Å². The molecule has 0 radical (unpaired) electrons. The lowest BCUT2D eigenvalue weighted by Crippen LogP contribution is -2.28. The first-order chi connectivity index (χ1) is 28.9. The van der Waals surface area contributed by atoms with E-state index in [9.17, 15) is 14.3 Å². The van der Waals surface area contributed by atoms with Gasteiger partial charge in [0.2, 0.25) is 0 Å². The SMILES string of the molecule is CCCC/C=C\C/C=C\CCCCCCCC(=O)OC(COCCCCCCCCCCCCCCCC/C=C\C/C=C\CCCCCCC)COP(=O)(O)OCCN. The minimum atomic E-state index is -4.28. The molecule has 0 aromatic heterocycles. The Morgan fingerprint density at radius 1 is 0.508 bits per heavy atom. The van der Waals surface area contributed by atoms with E-state index in [4.69, 9.17) is 24.3 Å². The van der Waals surface area contributed by atoms with Crippen molar-refractivity contribution >= 4 is 13.8 Å². The van der Waals surface area contributed by atoms with E-state index in [1.165, 1.54) is 141 Å². The van der Waals surface area contributed by atoms with Crippen molar-refractivity contribution < 1.29 is 32.8 Å². The first-order valence-electron chi connectivity index (χ1n) is 24.6. The van der Waals surface area contributed by atoms with Gasteiger partial charge in [-0.25, -0.2) is 4.57 Å². The van der Waals surface area contributed by atoms with E-state index in [1.807, 2.05) is 0 Å². The molecule has 0 spiro atoms. The Kier molecular flexibility index (Phi) is 46.3. The molecule has 8 nitrogen and oxygen atoms in total. The minimum absolute atomic E-state index is 0.0972. The minimum Gasteiger partial charge on any atom is -0.457 e. The average molecular weight is 852 g/mol. The van der Waals surface area contributed by atoms with Crippen molar-refractivity contribution in [2.45, 2.75) is 232 Å². The number of ether oxygens (including phenoxy) is 2. The molecule has 0 bridgehead atoms. The van der Waals surface area contributed by atoms with Gasteiger partial charge < -0.3 is 20.1 Å². The molecule has 346 valence electrons. The van der Waals surface area contributed by atoms with Crippen LogP contribution in [0.25, 0.3) is 0 Å². The van der Waals surface area contributed by atoms with Crippen molar-refractivity contribution in [3.63, 3.8) is 0 Å². The molecule has 2 atom stereocenters. The Bertz CT molecular complexity index is 1050. The molecule has 0 saturated carbocycles. The van der Waals surface area contributed by atoms with Gasteiger partial charge in [-0.05, 0) is 70.6 Å². The van der Waals surface area contributed by atoms with Crippen LogP contribution in [0.3, 0.4) is 0 Å². The molecule has 0 saturated heterocycles. The zero-order valence-electron chi connectivity index (χ0n) is 38.5. The van der Waals surface area contributed by atoms with Crippen molar-refractivity contribution in [1.82, 2.24) is 0 Å². The third kappa shape index (κ3) is 47.4. The number of rotatable bonds is 47. The number of hydrogen-bond acceptors (Lipinski definition) is 7. The van der Waals surface area contributed by atoms with Crippen molar-refractivity contribution in [2.24, 2.45) is 5.73 Å². The molecular weight excluding hydrogens is 758 g/mol. The number of carbonyl (C=O) groups is 1. The first-order valence-corrected chi connectivity index (χ1v) is 26.1. The Labute approximate surface area is 364 Å². The van der Waals surface area contributed by atoms with Crippen LogP contribution in [0, 0.1) is 0 Å². The summed E-state index contributed by atoms with van der Waals surface area (Å²) < 4.78 is 33.5. The van der Waals surface area contributed by atoms with E-state index in [2.05, 4.69) is 62.5 Å². The molecule has 0 aliphatic rings. The maximum absolute atomic E-state index is 12.6. The van der Waals surface area contributed by atoms with Gasteiger partial charge in [-0.3, -0.25) is 13.8 Å². The van der Waals surface area contributed by atoms with Crippen LogP contribution in [0.15, 0.2) is 48.6 Å². The summed E-state index contributed by atoms with van der Waals surface area (Å²) in [4.78, 5) is 22.5. The largest absolute Gasteiger partial charge is 0.472 e. The lowest BCUT2D eigenvalue weighted by molar-refractivity contribution is -0.154. The van der Waals surface area contributed by atoms with E-state index in [1.54, 1.807) is 0 Å². The number of carbonyl (C=O) groups excluding carboxylic acids is 1. The summed E-state index contributed by atoms with van der Waals surface area (Å²) in [6, 6.07) is 0. The summed E-state index contributed by atoms with van der Waals surface area (Å²) >= 11 is 0. The van der Waals surface area contributed by atoms with Crippen molar-refractivity contribution in [1.29, 1.82) is 0 Å². The molecule has 0 aromatic rings. The van der Waals surface area contributed by atoms with Gasteiger partial charge in [-0.15, -0.1) is 0 Å². The monoisotopic (exact) mass is 852 g/mol.